The van der Waals surface area contributed by atoms with Gasteiger partial charge in [-0.25, -0.2) is 4.99 Å². The van der Waals surface area contributed by atoms with Crippen LogP contribution in [0, 0.1) is 5.41 Å². The van der Waals surface area contributed by atoms with Crippen LogP contribution in [-0.2, 0) is 4.74 Å². The minimum Gasteiger partial charge on any atom is -0.493 e. The molecule has 0 amide bonds. The van der Waals surface area contributed by atoms with Crippen molar-refractivity contribution in [1.29, 1.82) is 0 Å². The van der Waals surface area contributed by atoms with Crippen LogP contribution in [0.3, 0.4) is 0 Å². The zero-order chi connectivity index (χ0) is 17.3. The molecule has 2 saturated carbocycles. The number of fused-ring (bicyclic) bond motifs is 1. The van der Waals surface area contributed by atoms with Gasteiger partial charge in [-0.3, -0.25) is 0 Å². The maximum atomic E-state index is 6.30. The standard InChI is InChI=1S/C20H29N3O2/c1-2-24-18-13-17(20(18)10-5-6-11-20)23-19(21)22-15-9-12-25-16-8-4-3-7-14(15)16/h3-4,7-8,15,17-18H,2,5-6,9-13H2,1H3,(H3,21,22,23). The summed E-state index contributed by atoms with van der Waals surface area (Å²) >= 11 is 0. The third kappa shape index (κ3) is 2.99. The molecule has 3 atom stereocenters. The minimum absolute atomic E-state index is 0.0831. The van der Waals surface area contributed by atoms with Crippen LogP contribution in [0.15, 0.2) is 29.3 Å². The van der Waals surface area contributed by atoms with E-state index >= 15 is 0 Å². The molecule has 2 fully saturated rings. The lowest BCUT2D eigenvalue weighted by atomic mass is 9.60. The predicted molar refractivity (Wildman–Crippen MR) is 98.8 cm³/mol. The van der Waals surface area contributed by atoms with Crippen molar-refractivity contribution in [2.75, 3.05) is 13.2 Å². The van der Waals surface area contributed by atoms with Gasteiger partial charge in [-0.1, -0.05) is 31.0 Å². The number of nitrogens with two attached hydrogens (primary N) is 1. The fourth-order valence-electron chi connectivity index (χ4n) is 4.93. The topological polar surface area (TPSA) is 68.9 Å². The van der Waals surface area contributed by atoms with E-state index in [4.69, 9.17) is 20.2 Å². The Balaban J connectivity index is 1.46. The second-order valence-electron chi connectivity index (χ2n) is 7.52. The first-order valence-corrected chi connectivity index (χ1v) is 9.66. The van der Waals surface area contributed by atoms with Gasteiger partial charge in [0.1, 0.15) is 5.75 Å². The molecule has 0 saturated heterocycles. The molecule has 3 N–H and O–H groups in total. The smallest absolute Gasteiger partial charge is 0.189 e. The molecule has 4 rings (SSSR count). The highest BCUT2D eigenvalue weighted by Gasteiger charge is 2.56. The van der Waals surface area contributed by atoms with Crippen LogP contribution in [0.5, 0.6) is 5.75 Å². The summed E-state index contributed by atoms with van der Waals surface area (Å²) in [5.41, 5.74) is 7.70. The van der Waals surface area contributed by atoms with Crippen molar-refractivity contribution in [1.82, 2.24) is 5.32 Å². The highest BCUT2D eigenvalue weighted by atomic mass is 16.5. The van der Waals surface area contributed by atoms with Crippen LogP contribution >= 0.6 is 0 Å². The van der Waals surface area contributed by atoms with E-state index < -0.39 is 0 Å². The van der Waals surface area contributed by atoms with Gasteiger partial charge in [0.15, 0.2) is 5.96 Å². The summed E-state index contributed by atoms with van der Waals surface area (Å²) in [4.78, 5) is 4.79. The fourth-order valence-corrected chi connectivity index (χ4v) is 4.93. The van der Waals surface area contributed by atoms with E-state index in [-0.39, 0.29) is 11.5 Å². The van der Waals surface area contributed by atoms with E-state index in [0.717, 1.165) is 30.8 Å². The molecule has 136 valence electrons. The number of nitrogens with zero attached hydrogens (tertiary/aromatic N) is 1. The van der Waals surface area contributed by atoms with Crippen LogP contribution < -0.4 is 15.8 Å². The quantitative estimate of drug-likeness (QED) is 0.651. The van der Waals surface area contributed by atoms with Crippen LogP contribution in [0.25, 0.3) is 0 Å². The van der Waals surface area contributed by atoms with Crippen LogP contribution in [0.1, 0.15) is 57.1 Å². The van der Waals surface area contributed by atoms with E-state index in [1.807, 2.05) is 18.2 Å². The first-order chi connectivity index (χ1) is 12.2. The second kappa shape index (κ2) is 6.87. The van der Waals surface area contributed by atoms with Crippen molar-refractivity contribution in [2.24, 2.45) is 16.1 Å². The summed E-state index contributed by atoms with van der Waals surface area (Å²) < 4.78 is 11.7. The molecule has 1 aliphatic heterocycles. The van der Waals surface area contributed by atoms with E-state index in [1.165, 1.54) is 25.7 Å². The molecule has 0 aromatic heterocycles. The lowest BCUT2D eigenvalue weighted by Crippen LogP contribution is -2.64. The summed E-state index contributed by atoms with van der Waals surface area (Å²) in [5, 5.41) is 3.52. The molecule has 0 bridgehead atoms. The molecular formula is C20H29N3O2. The van der Waals surface area contributed by atoms with Crippen molar-refractivity contribution in [3.05, 3.63) is 29.8 Å². The minimum atomic E-state index is 0.0831. The molecule has 0 radical (unpaired) electrons. The van der Waals surface area contributed by atoms with E-state index in [0.29, 0.717) is 24.7 Å². The number of nitrogens with one attached hydrogen (secondary N) is 1. The first kappa shape index (κ1) is 16.7. The van der Waals surface area contributed by atoms with Gasteiger partial charge in [0.2, 0.25) is 0 Å². The number of para-hydroxylation sites is 1. The second-order valence-corrected chi connectivity index (χ2v) is 7.52. The lowest BCUT2D eigenvalue weighted by molar-refractivity contribution is -0.125. The maximum absolute atomic E-state index is 6.30. The zero-order valence-corrected chi connectivity index (χ0v) is 15.0. The lowest BCUT2D eigenvalue weighted by Gasteiger charge is -2.54. The Morgan fingerprint density at radius 1 is 1.36 bits per heavy atom. The normalized spacial score (nSPS) is 30.4. The summed E-state index contributed by atoms with van der Waals surface area (Å²) in [7, 11) is 0. The highest BCUT2D eigenvalue weighted by molar-refractivity contribution is 5.79. The first-order valence-electron chi connectivity index (χ1n) is 9.66. The Hall–Kier alpha value is -1.75. The van der Waals surface area contributed by atoms with E-state index in [1.54, 1.807) is 0 Å². The largest absolute Gasteiger partial charge is 0.493 e. The Labute approximate surface area is 150 Å². The highest BCUT2D eigenvalue weighted by Crippen LogP contribution is 2.54. The van der Waals surface area contributed by atoms with Gasteiger partial charge in [0.25, 0.3) is 0 Å². The maximum Gasteiger partial charge on any atom is 0.189 e. The average molecular weight is 343 g/mol. The molecule has 2 aliphatic carbocycles. The number of aliphatic imine (C=N–C) groups is 1. The number of hydrogen-bond acceptors (Lipinski definition) is 3. The van der Waals surface area contributed by atoms with Crippen molar-refractivity contribution in [2.45, 2.75) is 63.6 Å². The number of rotatable bonds is 4. The van der Waals surface area contributed by atoms with Crippen molar-refractivity contribution in [3.8, 4) is 5.75 Å². The summed E-state index contributed by atoms with van der Waals surface area (Å²) in [5.74, 6) is 1.50. The molecule has 25 heavy (non-hydrogen) atoms. The van der Waals surface area contributed by atoms with Crippen molar-refractivity contribution < 1.29 is 9.47 Å². The number of ether oxygens (including phenoxy) is 2. The van der Waals surface area contributed by atoms with Gasteiger partial charge < -0.3 is 20.5 Å². The van der Waals surface area contributed by atoms with Crippen LogP contribution in [-0.4, -0.2) is 31.3 Å². The average Bonchev–Trinajstić information content (AvgIpc) is 3.14. The van der Waals surface area contributed by atoms with Gasteiger partial charge in [-0.15, -0.1) is 0 Å². The van der Waals surface area contributed by atoms with Crippen LogP contribution in [0.2, 0.25) is 0 Å². The Morgan fingerprint density at radius 3 is 2.96 bits per heavy atom. The molecule has 1 heterocycles. The zero-order valence-electron chi connectivity index (χ0n) is 15.0. The third-order valence-electron chi connectivity index (χ3n) is 6.23. The van der Waals surface area contributed by atoms with E-state index in [9.17, 15) is 0 Å². The molecule has 3 aliphatic rings. The Bertz CT molecular complexity index is 640. The predicted octanol–water partition coefficient (Wildman–Crippen LogP) is 3.15. The number of benzene rings is 1. The molecule has 1 spiro atoms. The Kier molecular flexibility index (Phi) is 4.59. The number of guanidine groups is 1. The molecule has 3 unspecified atom stereocenters. The monoisotopic (exact) mass is 343 g/mol. The van der Waals surface area contributed by atoms with Gasteiger partial charge in [0.05, 0.1) is 18.8 Å². The van der Waals surface area contributed by atoms with Crippen molar-refractivity contribution >= 4 is 5.96 Å². The molecular weight excluding hydrogens is 314 g/mol. The van der Waals surface area contributed by atoms with E-state index in [2.05, 4.69) is 18.3 Å². The number of hydrogen-bond donors (Lipinski definition) is 2. The van der Waals surface area contributed by atoms with Gasteiger partial charge >= 0.3 is 0 Å². The Morgan fingerprint density at radius 2 is 2.16 bits per heavy atom. The van der Waals surface area contributed by atoms with Gasteiger partial charge in [0, 0.05) is 30.0 Å². The fraction of sp³-hybridized carbons (Fsp3) is 0.650. The molecule has 5 heteroatoms. The van der Waals surface area contributed by atoms with Crippen molar-refractivity contribution in [3.63, 3.8) is 0 Å². The summed E-state index contributed by atoms with van der Waals surface area (Å²) in [6, 6.07) is 8.60. The molecule has 1 aromatic carbocycles. The summed E-state index contributed by atoms with van der Waals surface area (Å²) in [6.45, 7) is 3.57. The third-order valence-corrected chi connectivity index (χ3v) is 6.23. The molecule has 1 aromatic rings. The van der Waals surface area contributed by atoms with Gasteiger partial charge in [-0.2, -0.15) is 0 Å². The summed E-state index contributed by atoms with van der Waals surface area (Å²) in [6.07, 6.45) is 7.36. The van der Waals surface area contributed by atoms with Gasteiger partial charge in [-0.05, 0) is 32.3 Å². The SMILES string of the molecule is CCOC1CC(NC(N)=NC2CCOc3ccccc32)C12CCCC2. The molecule has 5 nitrogen and oxygen atoms in total. The van der Waals surface area contributed by atoms with Crippen LogP contribution in [0.4, 0.5) is 0 Å².